The van der Waals surface area contributed by atoms with Crippen LogP contribution >= 0.6 is 0 Å². The minimum atomic E-state index is -0.540. The van der Waals surface area contributed by atoms with Crippen molar-refractivity contribution < 1.29 is 14.6 Å². The molecule has 0 saturated heterocycles. The highest BCUT2D eigenvalue weighted by Gasteiger charge is 2.18. The Morgan fingerprint density at radius 2 is 1.88 bits per heavy atom. The predicted octanol–water partition coefficient (Wildman–Crippen LogP) is 3.08. The van der Waals surface area contributed by atoms with Gasteiger partial charge in [-0.15, -0.1) is 0 Å². The van der Waals surface area contributed by atoms with Gasteiger partial charge >= 0.3 is 0 Å². The highest BCUT2D eigenvalue weighted by molar-refractivity contribution is 5.95. The van der Waals surface area contributed by atoms with E-state index in [1.54, 1.807) is 24.3 Å². The summed E-state index contributed by atoms with van der Waals surface area (Å²) in [5.74, 6) is 0.799. The minimum absolute atomic E-state index is 0.122. The third-order valence-electron chi connectivity index (χ3n) is 4.62. The van der Waals surface area contributed by atoms with Crippen LogP contribution < -0.4 is 4.74 Å². The second kappa shape index (κ2) is 8.28. The van der Waals surface area contributed by atoms with Gasteiger partial charge in [0, 0.05) is 31.6 Å². The molecular weight excluding hydrogens is 314 g/mol. The van der Waals surface area contributed by atoms with Crippen LogP contribution in [0.2, 0.25) is 0 Å². The van der Waals surface area contributed by atoms with Gasteiger partial charge in [-0.25, -0.2) is 0 Å². The number of β-amino-alcohol motifs (C(OH)–C–C–N with tert-alkyl or cyclic N) is 1. The molecule has 0 aromatic heterocycles. The summed E-state index contributed by atoms with van der Waals surface area (Å²) in [4.78, 5) is 13.9. The molecule has 0 radical (unpaired) electrons. The lowest BCUT2D eigenvalue weighted by Crippen LogP contribution is -2.38. The van der Waals surface area contributed by atoms with Crippen molar-refractivity contribution in [3.8, 4) is 5.75 Å². The Kier molecular flexibility index (Phi) is 5.84. The van der Waals surface area contributed by atoms with Crippen molar-refractivity contribution in [2.45, 2.75) is 32.4 Å². The van der Waals surface area contributed by atoms with Gasteiger partial charge in [-0.3, -0.25) is 9.69 Å². The number of aliphatic hydroxyl groups is 1. The van der Waals surface area contributed by atoms with E-state index in [2.05, 4.69) is 29.2 Å². The van der Waals surface area contributed by atoms with Crippen molar-refractivity contribution in [3.63, 3.8) is 0 Å². The van der Waals surface area contributed by atoms with Gasteiger partial charge in [0.15, 0.2) is 5.78 Å². The normalized spacial score (nSPS) is 15.4. The molecular formula is C21H25NO3. The molecule has 4 nitrogen and oxygen atoms in total. The fourth-order valence-corrected chi connectivity index (χ4v) is 3.19. The summed E-state index contributed by atoms with van der Waals surface area (Å²) in [7, 11) is 0. The van der Waals surface area contributed by atoms with Crippen molar-refractivity contribution >= 4 is 5.78 Å². The highest BCUT2D eigenvalue weighted by Crippen LogP contribution is 2.19. The van der Waals surface area contributed by atoms with E-state index in [0.29, 0.717) is 24.3 Å². The summed E-state index contributed by atoms with van der Waals surface area (Å²) in [6, 6.07) is 15.6. The summed E-state index contributed by atoms with van der Waals surface area (Å²) in [6.07, 6.45) is 0.983. The smallest absolute Gasteiger partial charge is 0.162 e. The van der Waals surface area contributed by atoms with Crippen LogP contribution in [0.4, 0.5) is 0 Å². The second-order valence-corrected chi connectivity index (χ2v) is 6.52. The lowest BCUT2D eigenvalue weighted by Gasteiger charge is -2.30. The van der Waals surface area contributed by atoms with Crippen LogP contribution in [0.15, 0.2) is 48.5 Å². The van der Waals surface area contributed by atoms with Crippen LogP contribution in [0.25, 0.3) is 0 Å². The van der Waals surface area contributed by atoms with E-state index in [0.717, 1.165) is 19.5 Å². The molecule has 2 aromatic rings. The number of carbonyl (C=O) groups is 1. The topological polar surface area (TPSA) is 49.8 Å². The van der Waals surface area contributed by atoms with Crippen molar-refractivity contribution in [2.75, 3.05) is 19.7 Å². The van der Waals surface area contributed by atoms with Crippen LogP contribution in [0.3, 0.4) is 0 Å². The molecule has 132 valence electrons. The van der Waals surface area contributed by atoms with Gasteiger partial charge in [0.1, 0.15) is 18.5 Å². The first-order valence-corrected chi connectivity index (χ1v) is 8.89. The molecule has 0 bridgehead atoms. The van der Waals surface area contributed by atoms with Crippen molar-refractivity contribution in [1.82, 2.24) is 4.90 Å². The number of nitrogens with zero attached hydrogens (tertiary/aromatic N) is 1. The van der Waals surface area contributed by atoms with Crippen LogP contribution in [0.1, 0.15) is 34.8 Å². The molecule has 3 rings (SSSR count). The molecule has 0 saturated carbocycles. The Labute approximate surface area is 149 Å². The predicted molar refractivity (Wildman–Crippen MR) is 98.0 cm³/mol. The molecule has 2 aromatic carbocycles. The minimum Gasteiger partial charge on any atom is -0.491 e. The van der Waals surface area contributed by atoms with Gasteiger partial charge in [-0.1, -0.05) is 31.2 Å². The number of rotatable bonds is 7. The number of benzene rings is 2. The summed E-state index contributed by atoms with van der Waals surface area (Å²) < 4.78 is 5.66. The summed E-state index contributed by atoms with van der Waals surface area (Å²) in [5, 5.41) is 10.3. The van der Waals surface area contributed by atoms with E-state index in [1.165, 1.54) is 11.1 Å². The van der Waals surface area contributed by atoms with Crippen molar-refractivity contribution in [2.24, 2.45) is 0 Å². The maximum absolute atomic E-state index is 11.6. The number of Topliss-reactive ketones (excluding diaryl/α,β-unsaturated/α-hetero) is 1. The Morgan fingerprint density at radius 3 is 2.60 bits per heavy atom. The zero-order chi connectivity index (χ0) is 17.6. The summed E-state index contributed by atoms with van der Waals surface area (Å²) in [5.41, 5.74) is 3.45. The molecule has 1 atom stereocenters. The average Bonchev–Trinajstić information content (AvgIpc) is 2.66. The third-order valence-corrected chi connectivity index (χ3v) is 4.62. The largest absolute Gasteiger partial charge is 0.491 e. The van der Waals surface area contributed by atoms with Gasteiger partial charge in [0.05, 0.1) is 0 Å². The molecule has 1 unspecified atom stereocenters. The maximum Gasteiger partial charge on any atom is 0.162 e. The maximum atomic E-state index is 11.6. The zero-order valence-corrected chi connectivity index (χ0v) is 14.6. The van der Waals surface area contributed by atoms with Crippen LogP contribution in [-0.2, 0) is 13.0 Å². The van der Waals surface area contributed by atoms with E-state index < -0.39 is 6.10 Å². The van der Waals surface area contributed by atoms with Crippen molar-refractivity contribution in [1.29, 1.82) is 0 Å². The Bertz CT molecular complexity index is 711. The second-order valence-electron chi connectivity index (χ2n) is 6.52. The Morgan fingerprint density at radius 1 is 1.16 bits per heavy atom. The molecule has 1 aliphatic rings. The van der Waals surface area contributed by atoms with Gasteiger partial charge in [0.2, 0.25) is 0 Å². The number of hydrogen-bond donors (Lipinski definition) is 1. The molecule has 0 fully saturated rings. The molecule has 0 amide bonds. The lowest BCUT2D eigenvalue weighted by atomic mass is 10.00. The Balaban J connectivity index is 1.47. The monoisotopic (exact) mass is 339 g/mol. The first-order valence-electron chi connectivity index (χ1n) is 8.89. The number of fused-ring (bicyclic) bond motifs is 1. The molecule has 1 heterocycles. The van der Waals surface area contributed by atoms with E-state index in [1.807, 2.05) is 6.92 Å². The number of hydrogen-bond acceptors (Lipinski definition) is 4. The van der Waals surface area contributed by atoms with Gasteiger partial charge in [0.25, 0.3) is 0 Å². The first kappa shape index (κ1) is 17.6. The van der Waals surface area contributed by atoms with Crippen LogP contribution in [0.5, 0.6) is 5.75 Å². The highest BCUT2D eigenvalue weighted by atomic mass is 16.5. The van der Waals surface area contributed by atoms with E-state index in [-0.39, 0.29) is 12.4 Å². The van der Waals surface area contributed by atoms with E-state index in [4.69, 9.17) is 4.74 Å². The number of ether oxygens (including phenoxy) is 1. The molecule has 1 N–H and O–H groups in total. The van der Waals surface area contributed by atoms with E-state index >= 15 is 0 Å². The number of ketones is 1. The SMILES string of the molecule is CCC(=O)c1ccc(OCC(O)CN2CCc3ccccc3C2)cc1. The molecule has 1 aliphatic heterocycles. The molecule has 0 aliphatic carbocycles. The van der Waals surface area contributed by atoms with Gasteiger partial charge in [-0.2, -0.15) is 0 Å². The Hall–Kier alpha value is -2.17. The van der Waals surface area contributed by atoms with Crippen molar-refractivity contribution in [3.05, 3.63) is 65.2 Å². The zero-order valence-electron chi connectivity index (χ0n) is 14.6. The fraction of sp³-hybridized carbons (Fsp3) is 0.381. The number of carbonyl (C=O) groups excluding carboxylic acids is 1. The summed E-state index contributed by atoms with van der Waals surface area (Å²) in [6.45, 7) is 4.53. The van der Waals surface area contributed by atoms with Crippen LogP contribution in [-0.4, -0.2) is 41.6 Å². The quantitative estimate of drug-likeness (QED) is 0.788. The van der Waals surface area contributed by atoms with Crippen LogP contribution in [0, 0.1) is 0 Å². The molecule has 4 heteroatoms. The number of aliphatic hydroxyl groups excluding tert-OH is 1. The summed E-state index contributed by atoms with van der Waals surface area (Å²) >= 11 is 0. The first-order chi connectivity index (χ1) is 12.2. The molecule has 25 heavy (non-hydrogen) atoms. The third kappa shape index (κ3) is 4.68. The fourth-order valence-electron chi connectivity index (χ4n) is 3.19. The average molecular weight is 339 g/mol. The van der Waals surface area contributed by atoms with E-state index in [9.17, 15) is 9.90 Å². The lowest BCUT2D eigenvalue weighted by molar-refractivity contribution is 0.0637. The molecule has 0 spiro atoms. The standard InChI is InChI=1S/C21H25NO3/c1-2-21(24)17-7-9-20(10-8-17)25-15-19(23)14-22-12-11-16-5-3-4-6-18(16)13-22/h3-10,19,23H,2,11-15H2,1H3. The van der Waals surface area contributed by atoms with Gasteiger partial charge < -0.3 is 9.84 Å². The van der Waals surface area contributed by atoms with Gasteiger partial charge in [-0.05, 0) is 41.8 Å².